The van der Waals surface area contributed by atoms with Crippen LogP contribution in [0.15, 0.2) is 48.5 Å². The number of carbonyl (C=O) groups excluding carboxylic acids is 1. The molecule has 0 aliphatic heterocycles. The van der Waals surface area contributed by atoms with E-state index in [2.05, 4.69) is 26.1 Å². The third-order valence-corrected chi connectivity index (χ3v) is 4.08. The molecule has 2 rings (SSSR count). The maximum absolute atomic E-state index is 12.5. The number of amides is 2. The van der Waals surface area contributed by atoms with E-state index < -0.39 is 0 Å². The van der Waals surface area contributed by atoms with Gasteiger partial charge in [0.15, 0.2) is 0 Å². The zero-order valence-corrected chi connectivity index (χ0v) is 16.2. The Hall–Kier alpha value is -2.69. The highest BCUT2D eigenvalue weighted by molar-refractivity contribution is 5.90. The number of nitrogens with one attached hydrogen (secondary N) is 1. The Balaban J connectivity index is 1.88. The van der Waals surface area contributed by atoms with E-state index in [1.165, 1.54) is 0 Å². The van der Waals surface area contributed by atoms with Crippen molar-refractivity contribution in [3.63, 3.8) is 0 Å². The zero-order valence-electron chi connectivity index (χ0n) is 16.2. The van der Waals surface area contributed by atoms with Gasteiger partial charge in [0.1, 0.15) is 18.1 Å². The number of rotatable bonds is 6. The van der Waals surface area contributed by atoms with Gasteiger partial charge in [-0.15, -0.1) is 0 Å². The van der Waals surface area contributed by atoms with Crippen LogP contribution in [-0.4, -0.2) is 38.2 Å². The second-order valence-corrected chi connectivity index (χ2v) is 7.17. The Bertz CT molecular complexity index is 721. The summed E-state index contributed by atoms with van der Waals surface area (Å²) in [5, 5.41) is 3.00. The summed E-state index contributed by atoms with van der Waals surface area (Å²) < 4.78 is 10.8. The molecule has 5 nitrogen and oxygen atoms in total. The molecule has 0 aliphatic rings. The van der Waals surface area contributed by atoms with Gasteiger partial charge >= 0.3 is 6.03 Å². The van der Waals surface area contributed by atoms with Gasteiger partial charge in [-0.2, -0.15) is 0 Å². The Kier molecular flexibility index (Phi) is 6.50. The first-order chi connectivity index (χ1) is 12.3. The second kappa shape index (κ2) is 8.61. The van der Waals surface area contributed by atoms with Crippen molar-refractivity contribution < 1.29 is 14.3 Å². The Morgan fingerprint density at radius 3 is 2.27 bits per heavy atom. The number of para-hydroxylation sites is 1. The molecule has 0 atom stereocenters. The molecule has 2 aromatic rings. The largest absolute Gasteiger partial charge is 0.497 e. The average Bonchev–Trinajstić information content (AvgIpc) is 2.61. The van der Waals surface area contributed by atoms with Crippen molar-refractivity contribution in [2.45, 2.75) is 26.2 Å². The quantitative estimate of drug-likeness (QED) is 0.827. The number of hydrogen-bond acceptors (Lipinski definition) is 3. The van der Waals surface area contributed by atoms with Gasteiger partial charge in [-0.05, 0) is 41.3 Å². The minimum Gasteiger partial charge on any atom is -0.497 e. The van der Waals surface area contributed by atoms with Gasteiger partial charge in [-0.1, -0.05) is 39.0 Å². The maximum Gasteiger partial charge on any atom is 0.321 e. The molecule has 0 heterocycles. The van der Waals surface area contributed by atoms with Crippen LogP contribution in [0.5, 0.6) is 11.5 Å². The first kappa shape index (κ1) is 19.6. The fraction of sp³-hybridized carbons (Fsp3) is 0.381. The lowest BCUT2D eigenvalue weighted by Crippen LogP contribution is -2.35. The molecule has 2 aromatic carbocycles. The molecule has 0 fully saturated rings. The summed E-state index contributed by atoms with van der Waals surface area (Å²) in [6.07, 6.45) is 0. The zero-order chi connectivity index (χ0) is 19.2. The van der Waals surface area contributed by atoms with Gasteiger partial charge in [-0.25, -0.2) is 4.79 Å². The van der Waals surface area contributed by atoms with E-state index in [1.807, 2.05) is 48.5 Å². The number of likely N-dealkylation sites (N-methyl/N-ethyl adjacent to an activating group) is 1. The third-order valence-electron chi connectivity index (χ3n) is 4.08. The van der Waals surface area contributed by atoms with Crippen LogP contribution in [-0.2, 0) is 5.41 Å². The molecule has 26 heavy (non-hydrogen) atoms. The van der Waals surface area contributed by atoms with Gasteiger partial charge in [-0.3, -0.25) is 0 Å². The first-order valence-corrected chi connectivity index (χ1v) is 8.70. The summed E-state index contributed by atoms with van der Waals surface area (Å²) in [4.78, 5) is 14.1. The molecule has 2 amide bonds. The molecule has 0 aliphatic carbocycles. The smallest absolute Gasteiger partial charge is 0.321 e. The summed E-state index contributed by atoms with van der Waals surface area (Å²) in [5.74, 6) is 1.53. The van der Waals surface area contributed by atoms with Crippen LogP contribution < -0.4 is 14.8 Å². The van der Waals surface area contributed by atoms with Crippen LogP contribution in [0.1, 0.15) is 26.3 Å². The molecular weight excluding hydrogens is 328 g/mol. The van der Waals surface area contributed by atoms with Crippen molar-refractivity contribution in [3.8, 4) is 11.5 Å². The lowest BCUT2D eigenvalue weighted by atomic mass is 9.86. The van der Waals surface area contributed by atoms with E-state index in [4.69, 9.17) is 9.47 Å². The van der Waals surface area contributed by atoms with E-state index in [9.17, 15) is 4.79 Å². The van der Waals surface area contributed by atoms with E-state index in [1.54, 1.807) is 19.1 Å². The Morgan fingerprint density at radius 1 is 1.04 bits per heavy atom. The molecule has 0 bridgehead atoms. The van der Waals surface area contributed by atoms with Crippen LogP contribution in [0, 0.1) is 0 Å². The molecule has 0 radical (unpaired) electrons. The number of urea groups is 1. The van der Waals surface area contributed by atoms with Crippen molar-refractivity contribution in [3.05, 3.63) is 54.1 Å². The van der Waals surface area contributed by atoms with E-state index >= 15 is 0 Å². The molecule has 0 aromatic heterocycles. The topological polar surface area (TPSA) is 50.8 Å². The molecule has 1 N–H and O–H groups in total. The van der Waals surface area contributed by atoms with Crippen molar-refractivity contribution >= 4 is 11.7 Å². The van der Waals surface area contributed by atoms with Crippen molar-refractivity contribution in [1.82, 2.24) is 4.90 Å². The molecular formula is C21H28N2O3. The average molecular weight is 356 g/mol. The van der Waals surface area contributed by atoms with Gasteiger partial charge in [0.25, 0.3) is 0 Å². The highest BCUT2D eigenvalue weighted by Crippen LogP contribution is 2.29. The standard InChI is InChI=1S/C21H28N2O3/c1-21(2,3)18-8-6-7-9-19(18)22-20(24)23(4)14-15-26-17-12-10-16(25-5)11-13-17/h6-13H,14-15H2,1-5H3,(H,22,24). The Labute approximate surface area is 155 Å². The van der Waals surface area contributed by atoms with E-state index in [0.29, 0.717) is 13.2 Å². The number of benzene rings is 2. The van der Waals surface area contributed by atoms with Crippen LogP contribution in [0.3, 0.4) is 0 Å². The number of anilines is 1. The van der Waals surface area contributed by atoms with Crippen LogP contribution >= 0.6 is 0 Å². The van der Waals surface area contributed by atoms with Crippen LogP contribution in [0.2, 0.25) is 0 Å². The van der Waals surface area contributed by atoms with Gasteiger partial charge < -0.3 is 19.7 Å². The predicted octanol–water partition coefficient (Wildman–Crippen LogP) is 4.54. The van der Waals surface area contributed by atoms with Crippen molar-refractivity contribution in [1.29, 1.82) is 0 Å². The monoisotopic (exact) mass is 356 g/mol. The summed E-state index contributed by atoms with van der Waals surface area (Å²) in [7, 11) is 3.38. The highest BCUT2D eigenvalue weighted by atomic mass is 16.5. The molecule has 140 valence electrons. The minimum atomic E-state index is -0.153. The lowest BCUT2D eigenvalue weighted by Gasteiger charge is -2.25. The SMILES string of the molecule is COc1ccc(OCCN(C)C(=O)Nc2ccccc2C(C)(C)C)cc1. The summed E-state index contributed by atoms with van der Waals surface area (Å²) in [5.41, 5.74) is 1.91. The van der Waals surface area contributed by atoms with Gasteiger partial charge in [0, 0.05) is 12.7 Å². The molecule has 0 saturated carbocycles. The number of methoxy groups -OCH3 is 1. The number of hydrogen-bond donors (Lipinski definition) is 1. The predicted molar refractivity (Wildman–Crippen MR) is 105 cm³/mol. The fourth-order valence-corrected chi connectivity index (χ4v) is 2.53. The van der Waals surface area contributed by atoms with E-state index in [-0.39, 0.29) is 11.4 Å². The lowest BCUT2D eigenvalue weighted by molar-refractivity contribution is 0.207. The normalized spacial score (nSPS) is 11.0. The van der Waals surface area contributed by atoms with Gasteiger partial charge in [0.2, 0.25) is 0 Å². The summed E-state index contributed by atoms with van der Waals surface area (Å²) in [6.45, 7) is 7.28. The second-order valence-electron chi connectivity index (χ2n) is 7.17. The highest BCUT2D eigenvalue weighted by Gasteiger charge is 2.19. The third kappa shape index (κ3) is 5.41. The van der Waals surface area contributed by atoms with Crippen LogP contribution in [0.4, 0.5) is 10.5 Å². The maximum atomic E-state index is 12.5. The van der Waals surface area contributed by atoms with Crippen molar-refractivity contribution in [2.24, 2.45) is 0 Å². The minimum absolute atomic E-state index is 0.0417. The number of nitrogens with zero attached hydrogens (tertiary/aromatic N) is 1. The first-order valence-electron chi connectivity index (χ1n) is 8.70. The van der Waals surface area contributed by atoms with E-state index in [0.717, 1.165) is 22.7 Å². The molecule has 0 saturated heterocycles. The van der Waals surface area contributed by atoms with Crippen molar-refractivity contribution in [2.75, 3.05) is 32.6 Å². The summed E-state index contributed by atoms with van der Waals surface area (Å²) >= 11 is 0. The molecule has 5 heteroatoms. The number of carbonyl (C=O) groups is 1. The van der Waals surface area contributed by atoms with Crippen LogP contribution in [0.25, 0.3) is 0 Å². The number of ether oxygens (including phenoxy) is 2. The Morgan fingerprint density at radius 2 is 1.65 bits per heavy atom. The molecule has 0 unspecified atom stereocenters. The van der Waals surface area contributed by atoms with Gasteiger partial charge in [0.05, 0.1) is 13.7 Å². The fourth-order valence-electron chi connectivity index (χ4n) is 2.53. The molecule has 0 spiro atoms. The summed E-state index contributed by atoms with van der Waals surface area (Å²) in [6, 6.07) is 15.1.